The highest BCUT2D eigenvalue weighted by atomic mass is 16.5. The number of hydrogen-bond acceptors (Lipinski definition) is 3. The van der Waals surface area contributed by atoms with Crippen LogP contribution in [-0.4, -0.2) is 36.7 Å². The summed E-state index contributed by atoms with van der Waals surface area (Å²) in [6, 6.07) is 0.350. The minimum atomic E-state index is 0.00278. The van der Waals surface area contributed by atoms with Crippen molar-refractivity contribution in [2.45, 2.75) is 32.7 Å². The lowest BCUT2D eigenvalue weighted by Gasteiger charge is -2.35. The van der Waals surface area contributed by atoms with Crippen molar-refractivity contribution >= 4 is 5.91 Å². The number of hydrazine groups is 1. The van der Waals surface area contributed by atoms with E-state index >= 15 is 0 Å². The van der Waals surface area contributed by atoms with Gasteiger partial charge in [0.1, 0.15) is 0 Å². The zero-order valence-corrected chi connectivity index (χ0v) is 8.38. The molecule has 0 aromatic heterocycles. The fourth-order valence-electron chi connectivity index (χ4n) is 1.58. The number of morpholine rings is 1. The molecule has 0 radical (unpaired) electrons. The van der Waals surface area contributed by atoms with Gasteiger partial charge in [0.2, 0.25) is 5.91 Å². The van der Waals surface area contributed by atoms with Crippen molar-refractivity contribution in [2.75, 3.05) is 19.8 Å². The average molecular weight is 186 g/mol. The van der Waals surface area contributed by atoms with Crippen molar-refractivity contribution < 1.29 is 9.53 Å². The molecule has 1 amide bonds. The van der Waals surface area contributed by atoms with E-state index in [0.717, 1.165) is 26.0 Å². The molecule has 0 saturated carbocycles. The van der Waals surface area contributed by atoms with Crippen molar-refractivity contribution in [3.05, 3.63) is 0 Å². The minimum Gasteiger partial charge on any atom is -0.378 e. The van der Waals surface area contributed by atoms with E-state index in [-0.39, 0.29) is 5.91 Å². The Morgan fingerprint density at radius 1 is 1.69 bits per heavy atom. The third-order valence-electron chi connectivity index (χ3n) is 2.15. The first-order chi connectivity index (χ1) is 6.24. The van der Waals surface area contributed by atoms with Crippen LogP contribution in [0.2, 0.25) is 0 Å². The average Bonchev–Trinajstić information content (AvgIpc) is 2.08. The molecule has 1 rings (SSSR count). The van der Waals surface area contributed by atoms with Gasteiger partial charge in [-0.05, 0) is 6.42 Å². The molecular formula is C9H18N2O2. The highest BCUT2D eigenvalue weighted by Gasteiger charge is 2.22. The van der Waals surface area contributed by atoms with Gasteiger partial charge in [-0.15, -0.1) is 0 Å². The summed E-state index contributed by atoms with van der Waals surface area (Å²) in [7, 11) is 0. The Morgan fingerprint density at radius 2 is 2.46 bits per heavy atom. The third kappa shape index (κ3) is 3.32. The molecule has 1 N–H and O–H groups in total. The monoisotopic (exact) mass is 186 g/mol. The molecule has 1 fully saturated rings. The van der Waals surface area contributed by atoms with Gasteiger partial charge < -0.3 is 4.74 Å². The maximum absolute atomic E-state index is 10.9. The number of nitrogens with zero attached hydrogens (tertiary/aromatic N) is 1. The molecule has 0 bridgehead atoms. The van der Waals surface area contributed by atoms with Crippen LogP contribution >= 0.6 is 0 Å². The van der Waals surface area contributed by atoms with E-state index in [4.69, 9.17) is 4.74 Å². The smallest absolute Gasteiger partial charge is 0.231 e. The van der Waals surface area contributed by atoms with Gasteiger partial charge in [-0.3, -0.25) is 10.2 Å². The lowest BCUT2D eigenvalue weighted by Crippen LogP contribution is -2.54. The normalized spacial score (nSPS) is 24.3. The second-order valence-corrected chi connectivity index (χ2v) is 3.38. The summed E-state index contributed by atoms with van der Waals surface area (Å²) in [5, 5.41) is 2.00. The predicted molar refractivity (Wildman–Crippen MR) is 50.0 cm³/mol. The largest absolute Gasteiger partial charge is 0.378 e. The van der Waals surface area contributed by atoms with Gasteiger partial charge in [0, 0.05) is 13.5 Å². The molecular weight excluding hydrogens is 168 g/mol. The van der Waals surface area contributed by atoms with E-state index in [9.17, 15) is 4.79 Å². The predicted octanol–water partition coefficient (Wildman–Crippen LogP) is 0.538. The molecule has 1 unspecified atom stereocenters. The van der Waals surface area contributed by atoms with Crippen LogP contribution in [0.15, 0.2) is 0 Å². The standard InChI is InChI=1S/C9H18N2O2/c1-3-4-9-7-13-6-5-11(9)10-8(2)12/h9H,3-7H2,1-2H3,(H,10,12). The molecule has 0 aliphatic carbocycles. The molecule has 76 valence electrons. The minimum absolute atomic E-state index is 0.00278. The van der Waals surface area contributed by atoms with Crippen LogP contribution in [0.4, 0.5) is 0 Å². The van der Waals surface area contributed by atoms with Crippen molar-refractivity contribution in [3.8, 4) is 0 Å². The van der Waals surface area contributed by atoms with E-state index < -0.39 is 0 Å². The van der Waals surface area contributed by atoms with Gasteiger partial charge in [0.05, 0.1) is 19.3 Å². The van der Waals surface area contributed by atoms with Crippen molar-refractivity contribution in [1.29, 1.82) is 0 Å². The Hall–Kier alpha value is -0.610. The summed E-state index contributed by atoms with van der Waals surface area (Å²) >= 11 is 0. The number of carbonyl (C=O) groups excluding carboxylic acids is 1. The number of rotatable bonds is 3. The number of carbonyl (C=O) groups is 1. The molecule has 1 aliphatic rings. The summed E-state index contributed by atoms with van der Waals surface area (Å²) in [6.07, 6.45) is 2.18. The summed E-state index contributed by atoms with van der Waals surface area (Å²) < 4.78 is 5.35. The van der Waals surface area contributed by atoms with Crippen molar-refractivity contribution in [2.24, 2.45) is 0 Å². The van der Waals surface area contributed by atoms with E-state index in [1.54, 1.807) is 6.92 Å². The first-order valence-corrected chi connectivity index (χ1v) is 4.85. The Bertz CT molecular complexity index is 171. The highest BCUT2D eigenvalue weighted by Crippen LogP contribution is 2.09. The Morgan fingerprint density at radius 3 is 3.08 bits per heavy atom. The van der Waals surface area contributed by atoms with Gasteiger partial charge in [0.15, 0.2) is 0 Å². The molecule has 13 heavy (non-hydrogen) atoms. The van der Waals surface area contributed by atoms with Gasteiger partial charge in [-0.1, -0.05) is 13.3 Å². The molecule has 0 spiro atoms. The van der Waals surface area contributed by atoms with Crippen LogP contribution in [0.3, 0.4) is 0 Å². The van der Waals surface area contributed by atoms with Gasteiger partial charge in [-0.2, -0.15) is 0 Å². The molecule has 1 heterocycles. The lowest BCUT2D eigenvalue weighted by molar-refractivity contribution is -0.128. The Labute approximate surface area is 79.2 Å². The molecule has 0 aromatic rings. The number of ether oxygens (including phenoxy) is 1. The topological polar surface area (TPSA) is 41.6 Å². The first kappa shape index (κ1) is 10.5. The fraction of sp³-hybridized carbons (Fsp3) is 0.889. The van der Waals surface area contributed by atoms with Crippen LogP contribution in [-0.2, 0) is 9.53 Å². The number of hydrogen-bond donors (Lipinski definition) is 1. The second kappa shape index (κ2) is 5.19. The molecule has 1 aliphatic heterocycles. The van der Waals surface area contributed by atoms with E-state index in [1.165, 1.54) is 0 Å². The maximum Gasteiger partial charge on any atom is 0.231 e. The summed E-state index contributed by atoms with van der Waals surface area (Å²) in [5.41, 5.74) is 2.83. The van der Waals surface area contributed by atoms with Crippen LogP contribution in [0.1, 0.15) is 26.7 Å². The lowest BCUT2D eigenvalue weighted by atomic mass is 10.1. The van der Waals surface area contributed by atoms with Crippen molar-refractivity contribution in [3.63, 3.8) is 0 Å². The van der Waals surface area contributed by atoms with Crippen LogP contribution < -0.4 is 5.43 Å². The number of amides is 1. The molecule has 0 aromatic carbocycles. The summed E-state index contributed by atoms with van der Waals surface area (Å²) in [6.45, 7) is 5.91. The second-order valence-electron chi connectivity index (χ2n) is 3.38. The Balaban J connectivity index is 2.41. The third-order valence-corrected chi connectivity index (χ3v) is 2.15. The van der Waals surface area contributed by atoms with Crippen LogP contribution in [0, 0.1) is 0 Å². The summed E-state index contributed by atoms with van der Waals surface area (Å²) in [5.74, 6) is 0.00278. The highest BCUT2D eigenvalue weighted by molar-refractivity contribution is 5.72. The fourth-order valence-corrected chi connectivity index (χ4v) is 1.58. The maximum atomic E-state index is 10.9. The van der Waals surface area contributed by atoms with E-state index in [1.807, 2.05) is 5.01 Å². The molecule has 4 heteroatoms. The molecule has 1 atom stereocenters. The molecule has 1 saturated heterocycles. The van der Waals surface area contributed by atoms with E-state index in [2.05, 4.69) is 12.3 Å². The number of nitrogens with one attached hydrogen (secondary N) is 1. The zero-order chi connectivity index (χ0) is 9.68. The summed E-state index contributed by atoms with van der Waals surface area (Å²) in [4.78, 5) is 10.9. The Kier molecular flexibility index (Phi) is 4.18. The SMILES string of the molecule is CCCC1COCCN1NC(C)=O. The first-order valence-electron chi connectivity index (χ1n) is 4.85. The van der Waals surface area contributed by atoms with Crippen LogP contribution in [0.5, 0.6) is 0 Å². The van der Waals surface area contributed by atoms with Gasteiger partial charge in [0.25, 0.3) is 0 Å². The quantitative estimate of drug-likeness (QED) is 0.699. The van der Waals surface area contributed by atoms with Crippen molar-refractivity contribution in [1.82, 2.24) is 10.4 Å². The van der Waals surface area contributed by atoms with Crippen LogP contribution in [0.25, 0.3) is 0 Å². The van der Waals surface area contributed by atoms with Gasteiger partial charge in [-0.25, -0.2) is 5.01 Å². The van der Waals surface area contributed by atoms with Gasteiger partial charge >= 0.3 is 0 Å². The van der Waals surface area contributed by atoms with E-state index in [0.29, 0.717) is 12.6 Å². The zero-order valence-electron chi connectivity index (χ0n) is 8.38. The molecule has 4 nitrogen and oxygen atoms in total.